The lowest BCUT2D eigenvalue weighted by atomic mass is 9.91. The van der Waals surface area contributed by atoms with E-state index in [0.717, 1.165) is 10.9 Å². The summed E-state index contributed by atoms with van der Waals surface area (Å²) in [5, 5.41) is 0.807. The summed E-state index contributed by atoms with van der Waals surface area (Å²) < 4.78 is 37.1. The molecule has 0 aliphatic carbocycles. The fourth-order valence-corrected chi connectivity index (χ4v) is 5.50. The zero-order chi connectivity index (χ0) is 20.1. The molecule has 1 amide bonds. The number of fused-ring (bicyclic) bond motifs is 1. The van der Waals surface area contributed by atoms with E-state index in [1.54, 1.807) is 12.1 Å². The molecule has 2 heterocycles. The summed E-state index contributed by atoms with van der Waals surface area (Å²) in [6.45, 7) is 0. The van der Waals surface area contributed by atoms with Crippen LogP contribution < -0.4 is 5.73 Å². The molecular weight excluding hydrogens is 403 g/mol. The third kappa shape index (κ3) is 3.40. The molecule has 0 bridgehead atoms. The van der Waals surface area contributed by atoms with Gasteiger partial charge in [-0.25, -0.2) is 12.8 Å². The molecule has 1 saturated heterocycles. The second-order valence-electron chi connectivity index (χ2n) is 7.11. The van der Waals surface area contributed by atoms with Gasteiger partial charge in [0.1, 0.15) is 15.7 Å². The number of nitrogens with two attached hydrogens (primary N) is 1. The van der Waals surface area contributed by atoms with E-state index in [1.165, 1.54) is 12.1 Å². The van der Waals surface area contributed by atoms with Gasteiger partial charge >= 0.3 is 0 Å². The van der Waals surface area contributed by atoms with E-state index in [-0.39, 0.29) is 22.4 Å². The summed E-state index contributed by atoms with van der Waals surface area (Å²) in [5.41, 5.74) is 8.83. The monoisotopic (exact) mass is 420 g/mol. The Labute approximate surface area is 166 Å². The van der Waals surface area contributed by atoms with E-state index in [9.17, 15) is 17.6 Å². The van der Waals surface area contributed by atoms with Crippen LogP contribution in [0, 0.1) is 5.82 Å². The van der Waals surface area contributed by atoms with Gasteiger partial charge in [0.2, 0.25) is 0 Å². The minimum atomic E-state index is -2.98. The standard InChI is InChI=1S/C20H18ClFN2O3S/c21-17-9-12(1-2-18(17)22)13-7-14-16(11-3-5-28(26,27)6-4-11)10-24-19(14)15(8-13)20(23)25/h1-2,7-11,24H,3-6H2,(H2,23,25). The molecule has 1 aliphatic heterocycles. The molecule has 1 aromatic heterocycles. The fourth-order valence-electron chi connectivity index (χ4n) is 3.83. The molecular formula is C20H18ClFN2O3S. The van der Waals surface area contributed by atoms with Crippen molar-refractivity contribution < 1.29 is 17.6 Å². The first kappa shape index (κ1) is 19.0. The van der Waals surface area contributed by atoms with E-state index in [1.807, 2.05) is 12.3 Å². The fraction of sp³-hybridized carbons (Fsp3) is 0.250. The summed E-state index contributed by atoms with van der Waals surface area (Å²) in [5.74, 6) is -0.724. The molecule has 1 aliphatic rings. The second kappa shape index (κ2) is 6.90. The summed E-state index contributed by atoms with van der Waals surface area (Å²) in [7, 11) is -2.98. The molecule has 0 spiro atoms. The van der Waals surface area contributed by atoms with Crippen LogP contribution in [0.25, 0.3) is 22.0 Å². The van der Waals surface area contributed by atoms with Gasteiger partial charge in [0.05, 0.1) is 27.6 Å². The Morgan fingerprint density at radius 1 is 1.14 bits per heavy atom. The average Bonchev–Trinajstić information content (AvgIpc) is 3.07. The topological polar surface area (TPSA) is 93.0 Å². The minimum Gasteiger partial charge on any atom is -0.366 e. The van der Waals surface area contributed by atoms with Crippen molar-refractivity contribution >= 4 is 38.2 Å². The summed E-state index contributed by atoms with van der Waals surface area (Å²) >= 11 is 5.91. The van der Waals surface area contributed by atoms with Gasteiger partial charge in [-0.15, -0.1) is 0 Å². The molecule has 8 heteroatoms. The molecule has 2 aromatic carbocycles. The SMILES string of the molecule is NC(=O)c1cc(-c2ccc(F)c(Cl)c2)cc2c(C3CCS(=O)(=O)CC3)c[nH]c12. The molecule has 146 valence electrons. The van der Waals surface area contributed by atoms with Gasteiger partial charge in [-0.2, -0.15) is 0 Å². The Balaban J connectivity index is 1.86. The molecule has 5 nitrogen and oxygen atoms in total. The minimum absolute atomic E-state index is 0.00926. The summed E-state index contributed by atoms with van der Waals surface area (Å²) in [6.07, 6.45) is 2.89. The Morgan fingerprint density at radius 3 is 2.50 bits per heavy atom. The molecule has 0 unspecified atom stereocenters. The van der Waals surface area contributed by atoms with Crippen LogP contribution in [0.1, 0.15) is 34.7 Å². The third-order valence-electron chi connectivity index (χ3n) is 5.33. The molecule has 0 radical (unpaired) electrons. The first-order chi connectivity index (χ1) is 13.2. The number of hydrogen-bond acceptors (Lipinski definition) is 3. The zero-order valence-electron chi connectivity index (χ0n) is 14.8. The summed E-state index contributed by atoms with van der Waals surface area (Å²) in [6, 6.07) is 7.92. The largest absolute Gasteiger partial charge is 0.366 e. The predicted molar refractivity (Wildman–Crippen MR) is 108 cm³/mol. The Hall–Kier alpha value is -2.38. The number of aromatic nitrogens is 1. The molecule has 4 rings (SSSR count). The molecule has 28 heavy (non-hydrogen) atoms. The van der Waals surface area contributed by atoms with Crippen LogP contribution in [-0.4, -0.2) is 30.8 Å². The Bertz CT molecular complexity index is 1190. The smallest absolute Gasteiger partial charge is 0.250 e. The number of carbonyl (C=O) groups excluding carboxylic acids is 1. The number of amides is 1. The number of primary amides is 1. The van der Waals surface area contributed by atoms with Gasteiger partial charge in [0, 0.05) is 11.6 Å². The highest BCUT2D eigenvalue weighted by molar-refractivity contribution is 7.91. The van der Waals surface area contributed by atoms with Gasteiger partial charge in [0.25, 0.3) is 5.91 Å². The van der Waals surface area contributed by atoms with Crippen molar-refractivity contribution in [1.29, 1.82) is 0 Å². The number of sulfone groups is 1. The van der Waals surface area contributed by atoms with Gasteiger partial charge < -0.3 is 10.7 Å². The van der Waals surface area contributed by atoms with Crippen molar-refractivity contribution in [3.8, 4) is 11.1 Å². The number of hydrogen-bond donors (Lipinski definition) is 2. The van der Waals surface area contributed by atoms with Crippen LogP contribution in [-0.2, 0) is 9.84 Å². The van der Waals surface area contributed by atoms with Gasteiger partial charge in [-0.05, 0) is 59.7 Å². The number of halogens is 2. The van der Waals surface area contributed by atoms with E-state index < -0.39 is 21.6 Å². The highest BCUT2D eigenvalue weighted by Crippen LogP contribution is 2.37. The predicted octanol–water partition coefficient (Wildman–Crippen LogP) is 4.02. The zero-order valence-corrected chi connectivity index (χ0v) is 16.4. The van der Waals surface area contributed by atoms with Crippen molar-refractivity contribution in [2.75, 3.05) is 11.5 Å². The van der Waals surface area contributed by atoms with Gasteiger partial charge in [-0.3, -0.25) is 4.79 Å². The van der Waals surface area contributed by atoms with Crippen LogP contribution >= 0.6 is 11.6 Å². The van der Waals surface area contributed by atoms with Crippen molar-refractivity contribution in [1.82, 2.24) is 4.98 Å². The van der Waals surface area contributed by atoms with E-state index in [0.29, 0.717) is 35.0 Å². The number of nitrogens with one attached hydrogen (secondary N) is 1. The number of rotatable bonds is 3. The van der Waals surface area contributed by atoms with Crippen molar-refractivity contribution in [3.63, 3.8) is 0 Å². The Kier molecular flexibility index (Phi) is 4.67. The van der Waals surface area contributed by atoms with Crippen LogP contribution in [0.4, 0.5) is 4.39 Å². The highest BCUT2D eigenvalue weighted by Gasteiger charge is 2.27. The number of benzene rings is 2. The van der Waals surface area contributed by atoms with Crippen LogP contribution in [0.2, 0.25) is 5.02 Å². The van der Waals surface area contributed by atoms with Crippen LogP contribution in [0.5, 0.6) is 0 Å². The van der Waals surface area contributed by atoms with E-state index in [2.05, 4.69) is 4.98 Å². The Morgan fingerprint density at radius 2 is 1.86 bits per heavy atom. The maximum Gasteiger partial charge on any atom is 0.250 e. The molecule has 1 fully saturated rings. The molecule has 3 aromatic rings. The molecule has 0 atom stereocenters. The van der Waals surface area contributed by atoms with Crippen LogP contribution in [0.15, 0.2) is 36.5 Å². The molecule has 0 saturated carbocycles. The normalized spacial score (nSPS) is 17.1. The third-order valence-corrected chi connectivity index (χ3v) is 7.34. The number of aromatic amines is 1. The van der Waals surface area contributed by atoms with Crippen molar-refractivity contribution in [3.05, 3.63) is 58.5 Å². The van der Waals surface area contributed by atoms with Crippen molar-refractivity contribution in [2.45, 2.75) is 18.8 Å². The summed E-state index contributed by atoms with van der Waals surface area (Å²) in [4.78, 5) is 15.1. The first-order valence-corrected chi connectivity index (χ1v) is 11.1. The maximum absolute atomic E-state index is 13.5. The van der Waals surface area contributed by atoms with E-state index >= 15 is 0 Å². The first-order valence-electron chi connectivity index (χ1n) is 8.86. The molecule has 3 N–H and O–H groups in total. The van der Waals surface area contributed by atoms with Gasteiger partial charge in [0.15, 0.2) is 0 Å². The number of H-pyrrole nitrogens is 1. The van der Waals surface area contributed by atoms with Gasteiger partial charge in [-0.1, -0.05) is 17.7 Å². The second-order valence-corrected chi connectivity index (χ2v) is 9.82. The van der Waals surface area contributed by atoms with E-state index in [4.69, 9.17) is 17.3 Å². The lowest BCUT2D eigenvalue weighted by Crippen LogP contribution is -2.22. The lowest BCUT2D eigenvalue weighted by Gasteiger charge is -2.21. The lowest BCUT2D eigenvalue weighted by molar-refractivity contribution is 0.100. The number of carbonyl (C=O) groups is 1. The van der Waals surface area contributed by atoms with Crippen molar-refractivity contribution in [2.24, 2.45) is 5.73 Å². The maximum atomic E-state index is 13.5. The van der Waals surface area contributed by atoms with Crippen LogP contribution in [0.3, 0.4) is 0 Å². The average molecular weight is 421 g/mol. The quantitative estimate of drug-likeness (QED) is 0.670. The highest BCUT2D eigenvalue weighted by atomic mass is 35.5.